The lowest BCUT2D eigenvalue weighted by atomic mass is 10.0. The number of nitrogens with zero attached hydrogens (tertiary/aromatic N) is 1. The number of benzene rings is 1. The zero-order valence-electron chi connectivity index (χ0n) is 17.0. The maximum Gasteiger partial charge on any atom is 0.159 e. The molecule has 2 rings (SSSR count). The Hall–Kier alpha value is -1.82. The Morgan fingerprint density at radius 2 is 2.04 bits per heavy atom. The number of carbonyl (C=O) groups is 1. The van der Waals surface area contributed by atoms with Crippen LogP contribution in [0.5, 0.6) is 0 Å². The first kappa shape index (κ1) is 23.2. The number of carbonyl (C=O) groups excluding carboxylic acids is 1. The molecule has 148 valence electrons. The first-order valence-electron chi connectivity index (χ1n) is 8.96. The smallest absolute Gasteiger partial charge is 0.159 e. The van der Waals surface area contributed by atoms with Crippen LogP contribution in [0.4, 0.5) is 0 Å². The standard InChI is InChI=1S/C21H27NO2S.CH4O/c1-16-12-21(24-4)6-5-10-25-11-9-22(14-16)15-20-13-19(18(3)23)8-7-17(20)2;1-2/h5-8,10,12-13H,9,11,14-15H2,1-4H3;2H,1H3/b10-5+,16-12+,21-6+;. The van der Waals surface area contributed by atoms with Gasteiger partial charge in [0.05, 0.1) is 7.11 Å². The van der Waals surface area contributed by atoms with Gasteiger partial charge in [0, 0.05) is 38.1 Å². The van der Waals surface area contributed by atoms with Crippen LogP contribution in [-0.2, 0) is 11.3 Å². The van der Waals surface area contributed by atoms with Gasteiger partial charge in [-0.3, -0.25) is 9.69 Å². The lowest BCUT2D eigenvalue weighted by Crippen LogP contribution is -2.28. The van der Waals surface area contributed by atoms with Crippen LogP contribution in [0.2, 0.25) is 0 Å². The van der Waals surface area contributed by atoms with E-state index in [1.165, 1.54) is 16.7 Å². The average molecular weight is 390 g/mol. The van der Waals surface area contributed by atoms with E-state index in [-0.39, 0.29) is 5.78 Å². The summed E-state index contributed by atoms with van der Waals surface area (Å²) in [5, 5.41) is 9.10. The number of aryl methyl sites for hydroxylation is 1. The van der Waals surface area contributed by atoms with Crippen molar-refractivity contribution in [3.63, 3.8) is 0 Å². The Balaban J connectivity index is 0.00000176. The fraction of sp³-hybridized carbons (Fsp3) is 0.409. The molecular formula is C22H31NO3S. The van der Waals surface area contributed by atoms with Crippen LogP contribution in [-0.4, -0.2) is 48.9 Å². The molecule has 0 saturated heterocycles. The molecule has 1 aliphatic heterocycles. The molecule has 1 heterocycles. The quantitative estimate of drug-likeness (QED) is 0.776. The molecule has 1 aliphatic rings. The van der Waals surface area contributed by atoms with Crippen molar-refractivity contribution in [2.45, 2.75) is 27.3 Å². The molecule has 1 aromatic carbocycles. The number of aliphatic hydroxyl groups excluding tert-OH is 1. The molecule has 0 atom stereocenters. The zero-order valence-corrected chi connectivity index (χ0v) is 17.8. The zero-order chi connectivity index (χ0) is 20.2. The van der Waals surface area contributed by atoms with Crippen molar-refractivity contribution in [1.82, 2.24) is 4.90 Å². The predicted octanol–water partition coefficient (Wildman–Crippen LogP) is 4.35. The first-order valence-corrected chi connectivity index (χ1v) is 10.0. The van der Waals surface area contributed by atoms with Crippen LogP contribution < -0.4 is 0 Å². The van der Waals surface area contributed by atoms with Gasteiger partial charge in [-0.05, 0) is 55.5 Å². The summed E-state index contributed by atoms with van der Waals surface area (Å²) in [6.45, 7) is 8.58. The van der Waals surface area contributed by atoms with Crippen LogP contribution in [0, 0.1) is 6.92 Å². The summed E-state index contributed by atoms with van der Waals surface area (Å²) in [6, 6.07) is 6.00. The molecule has 1 aromatic rings. The molecule has 5 heteroatoms. The van der Waals surface area contributed by atoms with E-state index in [2.05, 4.69) is 30.2 Å². The van der Waals surface area contributed by atoms with Gasteiger partial charge < -0.3 is 9.84 Å². The third-order valence-electron chi connectivity index (χ3n) is 4.21. The summed E-state index contributed by atoms with van der Waals surface area (Å²) >= 11 is 1.80. The second kappa shape index (κ2) is 12.5. The van der Waals surface area contributed by atoms with E-state index >= 15 is 0 Å². The molecule has 27 heavy (non-hydrogen) atoms. The van der Waals surface area contributed by atoms with Crippen LogP contribution >= 0.6 is 11.8 Å². The van der Waals surface area contributed by atoms with E-state index in [4.69, 9.17) is 9.84 Å². The lowest BCUT2D eigenvalue weighted by molar-refractivity contribution is 0.101. The van der Waals surface area contributed by atoms with E-state index in [0.29, 0.717) is 0 Å². The highest BCUT2D eigenvalue weighted by Gasteiger charge is 2.11. The number of methoxy groups -OCH3 is 1. The molecule has 1 N–H and O–H groups in total. The Bertz CT molecular complexity index is 708. The van der Waals surface area contributed by atoms with E-state index < -0.39 is 0 Å². The number of hydrogen-bond donors (Lipinski definition) is 1. The molecule has 0 bridgehead atoms. The number of aliphatic hydroxyl groups is 1. The Morgan fingerprint density at radius 3 is 2.70 bits per heavy atom. The number of ketones is 1. The van der Waals surface area contributed by atoms with Crippen molar-refractivity contribution in [3.05, 3.63) is 69.9 Å². The minimum absolute atomic E-state index is 0.116. The SMILES string of the molecule is CO.COC1=C/C=C/SCCN(Cc2cc(C(C)=O)ccc2C)C\C(C)=C\1. The van der Waals surface area contributed by atoms with Gasteiger partial charge in [-0.15, -0.1) is 11.8 Å². The highest BCUT2D eigenvalue weighted by Crippen LogP contribution is 2.17. The summed E-state index contributed by atoms with van der Waals surface area (Å²) in [7, 11) is 2.70. The largest absolute Gasteiger partial charge is 0.497 e. The maximum atomic E-state index is 11.7. The predicted molar refractivity (Wildman–Crippen MR) is 115 cm³/mol. The molecule has 0 spiro atoms. The third-order valence-corrected chi connectivity index (χ3v) is 4.98. The van der Waals surface area contributed by atoms with Gasteiger partial charge in [-0.2, -0.15) is 0 Å². The topological polar surface area (TPSA) is 49.8 Å². The van der Waals surface area contributed by atoms with Gasteiger partial charge in [-0.25, -0.2) is 0 Å². The van der Waals surface area contributed by atoms with Gasteiger partial charge in [0.2, 0.25) is 0 Å². The van der Waals surface area contributed by atoms with Gasteiger partial charge >= 0.3 is 0 Å². The molecular weight excluding hydrogens is 358 g/mol. The van der Waals surface area contributed by atoms with Gasteiger partial charge in [0.1, 0.15) is 5.76 Å². The van der Waals surface area contributed by atoms with E-state index in [9.17, 15) is 4.79 Å². The molecule has 0 fully saturated rings. The molecule has 0 saturated carbocycles. The van der Waals surface area contributed by atoms with Crippen molar-refractivity contribution in [3.8, 4) is 0 Å². The van der Waals surface area contributed by atoms with Crippen molar-refractivity contribution in [2.75, 3.05) is 33.1 Å². The molecule has 0 radical (unpaired) electrons. The second-order valence-corrected chi connectivity index (χ2v) is 7.39. The van der Waals surface area contributed by atoms with Crippen molar-refractivity contribution >= 4 is 17.5 Å². The summed E-state index contributed by atoms with van der Waals surface area (Å²) in [6.07, 6.45) is 6.11. The molecule has 0 amide bonds. The minimum atomic E-state index is 0.116. The van der Waals surface area contributed by atoms with Crippen LogP contribution in [0.25, 0.3) is 0 Å². The third kappa shape index (κ3) is 8.16. The summed E-state index contributed by atoms with van der Waals surface area (Å²) in [4.78, 5) is 14.1. The van der Waals surface area contributed by atoms with Gasteiger partial charge in [-0.1, -0.05) is 23.8 Å². The van der Waals surface area contributed by atoms with Crippen LogP contribution in [0.3, 0.4) is 0 Å². The van der Waals surface area contributed by atoms with E-state index in [1.807, 2.05) is 30.4 Å². The Labute approximate surface area is 167 Å². The number of Topliss-reactive ketones (excluding diaryl/α,β-unsaturated/α-hetero) is 1. The molecule has 0 aliphatic carbocycles. The number of thioether (sulfide) groups is 1. The second-order valence-electron chi connectivity index (χ2n) is 6.37. The summed E-state index contributed by atoms with van der Waals surface area (Å²) in [5.74, 6) is 2.02. The van der Waals surface area contributed by atoms with Crippen molar-refractivity contribution in [1.29, 1.82) is 0 Å². The normalized spacial score (nSPS) is 20.7. The van der Waals surface area contributed by atoms with E-state index in [1.54, 1.807) is 25.8 Å². The highest BCUT2D eigenvalue weighted by atomic mass is 32.2. The van der Waals surface area contributed by atoms with Crippen molar-refractivity contribution < 1.29 is 14.6 Å². The molecule has 4 nitrogen and oxygen atoms in total. The van der Waals surface area contributed by atoms with Gasteiger partial charge in [0.25, 0.3) is 0 Å². The monoisotopic (exact) mass is 389 g/mol. The summed E-state index contributed by atoms with van der Waals surface area (Å²) in [5.41, 5.74) is 4.49. The van der Waals surface area contributed by atoms with Crippen LogP contribution in [0.1, 0.15) is 35.3 Å². The fourth-order valence-corrected chi connectivity index (χ4v) is 3.46. The number of hydrogen-bond acceptors (Lipinski definition) is 5. The Kier molecular flexibility index (Phi) is 10.8. The number of ether oxygens (including phenoxy) is 1. The fourth-order valence-electron chi connectivity index (χ4n) is 2.77. The summed E-state index contributed by atoms with van der Waals surface area (Å²) < 4.78 is 5.42. The lowest BCUT2D eigenvalue weighted by Gasteiger charge is -2.24. The number of rotatable bonds is 4. The molecule has 0 unspecified atom stereocenters. The Morgan fingerprint density at radius 1 is 1.30 bits per heavy atom. The average Bonchev–Trinajstić information content (AvgIpc) is 2.69. The maximum absolute atomic E-state index is 11.7. The highest BCUT2D eigenvalue weighted by molar-refractivity contribution is 8.02. The molecule has 0 aromatic heterocycles. The van der Waals surface area contributed by atoms with Crippen molar-refractivity contribution in [2.24, 2.45) is 0 Å². The van der Waals surface area contributed by atoms with Crippen LogP contribution in [0.15, 0.2) is 53.2 Å². The number of allylic oxidation sites excluding steroid dienone is 3. The minimum Gasteiger partial charge on any atom is -0.497 e. The van der Waals surface area contributed by atoms with Gasteiger partial charge in [0.15, 0.2) is 5.78 Å². The first-order chi connectivity index (χ1) is 13.0. The van der Waals surface area contributed by atoms with E-state index in [0.717, 1.165) is 43.8 Å².